The van der Waals surface area contributed by atoms with Gasteiger partial charge in [0.05, 0.1) is 12.0 Å². The van der Waals surface area contributed by atoms with Crippen molar-refractivity contribution in [1.82, 2.24) is 4.98 Å². The minimum absolute atomic E-state index is 0.135. The number of carbonyl (C=O) groups excluding carboxylic acids is 2. The first-order valence-corrected chi connectivity index (χ1v) is 8.49. The highest BCUT2D eigenvalue weighted by Gasteiger charge is 2.31. The van der Waals surface area contributed by atoms with Gasteiger partial charge in [0.15, 0.2) is 0 Å². The molecule has 0 aliphatic carbocycles. The van der Waals surface area contributed by atoms with Crippen LogP contribution in [0.15, 0.2) is 12.1 Å². The zero-order valence-corrected chi connectivity index (χ0v) is 16.6. The Morgan fingerprint density at radius 1 is 1.20 bits per heavy atom. The second kappa shape index (κ2) is 7.70. The van der Waals surface area contributed by atoms with Crippen LogP contribution >= 0.6 is 11.6 Å². The van der Waals surface area contributed by atoms with Gasteiger partial charge in [-0.15, -0.1) is 0 Å². The van der Waals surface area contributed by atoms with Gasteiger partial charge in [-0.1, -0.05) is 32.4 Å². The molecule has 1 rings (SSSR count). The van der Waals surface area contributed by atoms with E-state index in [2.05, 4.69) is 10.3 Å². The lowest BCUT2D eigenvalue weighted by molar-refractivity contribution is -0.163. The first-order valence-electron chi connectivity index (χ1n) is 8.11. The van der Waals surface area contributed by atoms with Crippen molar-refractivity contribution in [1.29, 1.82) is 0 Å². The predicted octanol–water partition coefficient (Wildman–Crippen LogP) is 3.73. The Labute approximate surface area is 153 Å². The first-order chi connectivity index (χ1) is 11.2. The first kappa shape index (κ1) is 21.4. The van der Waals surface area contributed by atoms with Gasteiger partial charge in [-0.2, -0.15) is 0 Å². The summed E-state index contributed by atoms with van der Waals surface area (Å²) in [6.45, 7) is 12.1. The van der Waals surface area contributed by atoms with E-state index in [4.69, 9.17) is 16.3 Å². The van der Waals surface area contributed by atoms with Gasteiger partial charge in [0.25, 0.3) is 0 Å². The summed E-state index contributed by atoms with van der Waals surface area (Å²) < 4.78 is 5.31. The van der Waals surface area contributed by atoms with Gasteiger partial charge in [0.1, 0.15) is 16.6 Å². The normalized spacial score (nSPS) is 14.6. The summed E-state index contributed by atoms with van der Waals surface area (Å²) in [5.41, 5.74) is -1.00. The number of esters is 1. The lowest BCUT2D eigenvalue weighted by Crippen LogP contribution is -2.32. The van der Waals surface area contributed by atoms with Crippen molar-refractivity contribution in [2.24, 2.45) is 11.3 Å². The molecule has 7 heteroatoms. The monoisotopic (exact) mass is 370 g/mol. The Hall–Kier alpha value is -1.66. The molecule has 0 aromatic carbocycles. The number of hydrogen-bond acceptors (Lipinski definition) is 5. The Balaban J connectivity index is 3.11. The molecule has 1 aromatic heterocycles. The van der Waals surface area contributed by atoms with Crippen molar-refractivity contribution < 1.29 is 19.4 Å². The average molecular weight is 371 g/mol. The van der Waals surface area contributed by atoms with Gasteiger partial charge in [-0.3, -0.25) is 9.59 Å². The maximum absolute atomic E-state index is 12.2. The van der Waals surface area contributed by atoms with Crippen LogP contribution in [0, 0.1) is 11.3 Å². The molecule has 0 spiro atoms. The molecule has 1 aromatic rings. The van der Waals surface area contributed by atoms with Crippen LogP contribution in [-0.4, -0.2) is 27.6 Å². The number of rotatable bonds is 4. The number of carbonyl (C=O) groups is 2. The second-order valence-electron chi connectivity index (χ2n) is 8.04. The Bertz CT molecular complexity index is 647. The topological polar surface area (TPSA) is 88.5 Å². The van der Waals surface area contributed by atoms with E-state index in [-0.39, 0.29) is 16.9 Å². The molecule has 0 saturated carbocycles. The molecule has 1 amide bonds. The number of halogens is 1. The van der Waals surface area contributed by atoms with E-state index >= 15 is 0 Å². The Kier molecular flexibility index (Phi) is 6.59. The molecule has 0 aliphatic heterocycles. The maximum Gasteiger partial charge on any atom is 0.312 e. The van der Waals surface area contributed by atoms with Crippen LogP contribution in [0.1, 0.15) is 60.1 Å². The molecular formula is C18H27ClN2O4. The zero-order valence-electron chi connectivity index (χ0n) is 15.8. The highest BCUT2D eigenvalue weighted by atomic mass is 35.5. The summed E-state index contributed by atoms with van der Waals surface area (Å²) in [6, 6.07) is 3.04. The van der Waals surface area contributed by atoms with Crippen LogP contribution in [0.25, 0.3) is 0 Å². The van der Waals surface area contributed by atoms with E-state index in [1.807, 2.05) is 0 Å². The van der Waals surface area contributed by atoms with Crippen molar-refractivity contribution in [3.8, 4) is 0 Å². The number of aliphatic hydroxyl groups excluding tert-OH is 1. The third-order valence-corrected chi connectivity index (χ3v) is 3.59. The zero-order chi connectivity index (χ0) is 19.6. The molecule has 6 nitrogen and oxygen atoms in total. The SMILES string of the molecule is CC(C(=O)OC(C)(C)C)C(O)c1ccc(Cl)nc1NC(=O)C(C)(C)C. The summed E-state index contributed by atoms with van der Waals surface area (Å²) in [4.78, 5) is 28.5. The predicted molar refractivity (Wildman–Crippen MR) is 97.3 cm³/mol. The summed E-state index contributed by atoms with van der Waals surface area (Å²) in [5.74, 6) is -1.52. The Morgan fingerprint density at radius 3 is 2.24 bits per heavy atom. The smallest absolute Gasteiger partial charge is 0.312 e. The Morgan fingerprint density at radius 2 is 1.76 bits per heavy atom. The number of aliphatic hydroxyl groups is 1. The van der Waals surface area contributed by atoms with Crippen LogP contribution in [0.2, 0.25) is 5.15 Å². The summed E-state index contributed by atoms with van der Waals surface area (Å²) in [5, 5.41) is 13.4. The molecule has 25 heavy (non-hydrogen) atoms. The van der Waals surface area contributed by atoms with Crippen LogP contribution in [-0.2, 0) is 14.3 Å². The second-order valence-corrected chi connectivity index (χ2v) is 8.43. The largest absolute Gasteiger partial charge is 0.460 e. The molecular weight excluding hydrogens is 344 g/mol. The lowest BCUT2D eigenvalue weighted by atomic mass is 9.94. The summed E-state index contributed by atoms with van der Waals surface area (Å²) in [6.07, 6.45) is -1.20. The standard InChI is InChI=1S/C18H27ClN2O4/c1-10(15(23)25-18(5,6)7)13(22)11-8-9-12(19)20-14(11)21-16(24)17(2,3)4/h8-10,13,22H,1-7H3,(H,20,21,24). The fraction of sp³-hybridized carbons (Fsp3) is 0.611. The van der Waals surface area contributed by atoms with E-state index in [9.17, 15) is 14.7 Å². The van der Waals surface area contributed by atoms with E-state index in [1.165, 1.54) is 6.07 Å². The number of nitrogens with one attached hydrogen (secondary N) is 1. The van der Waals surface area contributed by atoms with Crippen molar-refractivity contribution in [3.05, 3.63) is 22.8 Å². The molecule has 1 heterocycles. The van der Waals surface area contributed by atoms with Gasteiger partial charge in [0, 0.05) is 11.0 Å². The molecule has 140 valence electrons. The van der Waals surface area contributed by atoms with Crippen molar-refractivity contribution >= 4 is 29.3 Å². The maximum atomic E-state index is 12.2. The van der Waals surface area contributed by atoms with Gasteiger partial charge < -0.3 is 15.2 Å². The summed E-state index contributed by atoms with van der Waals surface area (Å²) >= 11 is 5.91. The van der Waals surface area contributed by atoms with Crippen molar-refractivity contribution in [3.63, 3.8) is 0 Å². The fourth-order valence-electron chi connectivity index (χ4n) is 1.87. The van der Waals surface area contributed by atoms with E-state index < -0.39 is 29.0 Å². The molecule has 0 fully saturated rings. The van der Waals surface area contributed by atoms with Crippen LogP contribution in [0.4, 0.5) is 5.82 Å². The number of aromatic nitrogens is 1. The molecule has 2 atom stereocenters. The van der Waals surface area contributed by atoms with Crippen LogP contribution in [0.3, 0.4) is 0 Å². The highest BCUT2D eigenvalue weighted by molar-refractivity contribution is 6.29. The molecule has 2 unspecified atom stereocenters. The minimum atomic E-state index is -1.20. The van der Waals surface area contributed by atoms with Gasteiger partial charge in [-0.25, -0.2) is 4.98 Å². The summed E-state index contributed by atoms with van der Waals surface area (Å²) in [7, 11) is 0. The number of nitrogens with zero attached hydrogens (tertiary/aromatic N) is 1. The molecule has 0 bridgehead atoms. The number of anilines is 1. The van der Waals surface area contributed by atoms with E-state index in [0.29, 0.717) is 5.56 Å². The third kappa shape index (κ3) is 6.29. The average Bonchev–Trinajstić information content (AvgIpc) is 2.43. The molecule has 0 radical (unpaired) electrons. The third-order valence-electron chi connectivity index (χ3n) is 3.38. The van der Waals surface area contributed by atoms with E-state index in [0.717, 1.165) is 0 Å². The molecule has 0 saturated heterocycles. The number of pyridine rings is 1. The lowest BCUT2D eigenvalue weighted by Gasteiger charge is -2.26. The number of ether oxygens (including phenoxy) is 1. The molecule has 0 aliphatic rings. The highest BCUT2D eigenvalue weighted by Crippen LogP contribution is 2.31. The van der Waals surface area contributed by atoms with Crippen LogP contribution in [0.5, 0.6) is 0 Å². The van der Waals surface area contributed by atoms with Gasteiger partial charge in [-0.05, 0) is 39.8 Å². The van der Waals surface area contributed by atoms with E-state index in [1.54, 1.807) is 54.5 Å². The van der Waals surface area contributed by atoms with Crippen LogP contribution < -0.4 is 5.32 Å². The van der Waals surface area contributed by atoms with Gasteiger partial charge >= 0.3 is 5.97 Å². The quantitative estimate of drug-likeness (QED) is 0.622. The van der Waals surface area contributed by atoms with Gasteiger partial charge in [0.2, 0.25) is 5.91 Å². The van der Waals surface area contributed by atoms with Crippen molar-refractivity contribution in [2.45, 2.75) is 60.2 Å². The number of hydrogen-bond donors (Lipinski definition) is 2. The fourth-order valence-corrected chi connectivity index (χ4v) is 2.02. The van der Waals surface area contributed by atoms with Crippen molar-refractivity contribution in [2.75, 3.05) is 5.32 Å². The molecule has 2 N–H and O–H groups in total. The minimum Gasteiger partial charge on any atom is -0.460 e. The number of amides is 1.